The molecule has 1 heterocycles. The van der Waals surface area contributed by atoms with E-state index < -0.39 is 16.7 Å². The Morgan fingerprint density at radius 3 is 2.38 bits per heavy atom. The first-order chi connectivity index (χ1) is 15.4. The number of nitro groups is 1. The van der Waals surface area contributed by atoms with Gasteiger partial charge in [0, 0.05) is 22.6 Å². The molecule has 0 fully saturated rings. The molecule has 7 nitrogen and oxygen atoms in total. The highest BCUT2D eigenvalue weighted by Crippen LogP contribution is 2.31. The first kappa shape index (κ1) is 21.2. The molecular weight excluding hydrogens is 428 g/mol. The number of allylic oxidation sites excluding steroid dienone is 1. The van der Waals surface area contributed by atoms with Gasteiger partial charge in [-0.25, -0.2) is 4.90 Å². The third-order valence-corrected chi connectivity index (χ3v) is 5.76. The Morgan fingerprint density at radius 1 is 0.969 bits per heavy atom. The van der Waals surface area contributed by atoms with Crippen molar-refractivity contribution in [3.8, 4) is 0 Å². The van der Waals surface area contributed by atoms with Crippen LogP contribution in [-0.2, 0) is 0 Å². The predicted molar refractivity (Wildman–Crippen MR) is 122 cm³/mol. The van der Waals surface area contributed by atoms with Crippen molar-refractivity contribution in [2.24, 2.45) is 0 Å². The number of ketones is 1. The molecule has 4 rings (SSSR count). The lowest BCUT2D eigenvalue weighted by Gasteiger charge is -2.14. The Labute approximate surface area is 187 Å². The standard InChI is InChI=1S/C24H16N2O5S/c1-32-19-9-5-15(6-10-19)7-12-22(27)16-3-2-4-17(13-16)25-23(28)20-11-8-18(26(30)31)14-21(20)24(25)29/h2-14H,1H3. The summed E-state index contributed by atoms with van der Waals surface area (Å²) in [5, 5.41) is 11.0. The molecule has 0 spiro atoms. The number of imide groups is 1. The van der Waals surface area contributed by atoms with Crippen molar-refractivity contribution < 1.29 is 19.3 Å². The summed E-state index contributed by atoms with van der Waals surface area (Å²) in [6.45, 7) is 0. The van der Waals surface area contributed by atoms with Crippen LogP contribution in [0, 0.1) is 10.1 Å². The molecule has 0 aromatic heterocycles. The highest BCUT2D eigenvalue weighted by Gasteiger charge is 2.38. The maximum absolute atomic E-state index is 12.8. The van der Waals surface area contributed by atoms with Crippen molar-refractivity contribution >= 4 is 46.8 Å². The number of thioether (sulfide) groups is 1. The van der Waals surface area contributed by atoms with Crippen molar-refractivity contribution in [3.63, 3.8) is 0 Å². The van der Waals surface area contributed by atoms with E-state index >= 15 is 0 Å². The van der Waals surface area contributed by atoms with Gasteiger partial charge in [0.25, 0.3) is 17.5 Å². The van der Waals surface area contributed by atoms with Gasteiger partial charge in [-0.3, -0.25) is 24.5 Å². The number of amides is 2. The van der Waals surface area contributed by atoms with Crippen LogP contribution in [-0.4, -0.2) is 28.8 Å². The maximum atomic E-state index is 12.8. The molecule has 0 aliphatic carbocycles. The lowest BCUT2D eigenvalue weighted by molar-refractivity contribution is -0.384. The van der Waals surface area contributed by atoms with Gasteiger partial charge in [0.05, 0.1) is 21.7 Å². The van der Waals surface area contributed by atoms with Crippen LogP contribution in [0.25, 0.3) is 6.08 Å². The Balaban J connectivity index is 1.59. The van der Waals surface area contributed by atoms with Gasteiger partial charge in [-0.1, -0.05) is 30.3 Å². The van der Waals surface area contributed by atoms with E-state index in [2.05, 4.69) is 0 Å². The summed E-state index contributed by atoms with van der Waals surface area (Å²) in [6.07, 6.45) is 5.11. The highest BCUT2D eigenvalue weighted by atomic mass is 32.2. The number of carbonyl (C=O) groups excluding carboxylic acids is 3. The summed E-state index contributed by atoms with van der Waals surface area (Å²) < 4.78 is 0. The molecule has 0 saturated carbocycles. The van der Waals surface area contributed by atoms with E-state index in [0.29, 0.717) is 5.56 Å². The highest BCUT2D eigenvalue weighted by molar-refractivity contribution is 7.98. The molecule has 8 heteroatoms. The maximum Gasteiger partial charge on any atom is 0.270 e. The number of anilines is 1. The molecule has 32 heavy (non-hydrogen) atoms. The first-order valence-corrected chi connectivity index (χ1v) is 10.8. The van der Waals surface area contributed by atoms with Gasteiger partial charge in [0.1, 0.15) is 0 Å². The van der Waals surface area contributed by atoms with Crippen LogP contribution in [0.5, 0.6) is 0 Å². The summed E-state index contributed by atoms with van der Waals surface area (Å²) in [5.74, 6) is -1.54. The van der Waals surface area contributed by atoms with Crippen LogP contribution in [0.2, 0.25) is 0 Å². The zero-order valence-corrected chi connectivity index (χ0v) is 17.7. The normalized spacial score (nSPS) is 13.0. The number of nitrogens with zero attached hydrogens (tertiary/aromatic N) is 2. The smallest absolute Gasteiger partial charge is 0.270 e. The first-order valence-electron chi connectivity index (χ1n) is 9.53. The predicted octanol–water partition coefficient (Wildman–Crippen LogP) is 5.01. The van der Waals surface area contributed by atoms with Crippen LogP contribution in [0.3, 0.4) is 0 Å². The minimum atomic E-state index is -0.664. The second-order valence-electron chi connectivity index (χ2n) is 6.95. The third kappa shape index (κ3) is 3.95. The molecule has 3 aromatic rings. The number of carbonyl (C=O) groups is 3. The molecule has 158 valence electrons. The summed E-state index contributed by atoms with van der Waals surface area (Å²) >= 11 is 1.63. The Hall–Kier alpha value is -4.04. The zero-order chi connectivity index (χ0) is 22.8. The van der Waals surface area contributed by atoms with E-state index in [-0.39, 0.29) is 28.3 Å². The summed E-state index contributed by atoms with van der Waals surface area (Å²) in [7, 11) is 0. The second-order valence-corrected chi connectivity index (χ2v) is 7.83. The van der Waals surface area contributed by atoms with Crippen LogP contribution < -0.4 is 4.90 Å². The SMILES string of the molecule is CSc1ccc(C=CC(=O)c2cccc(N3C(=O)c4ccc([N+](=O)[O-])cc4C3=O)c2)cc1. The molecule has 0 radical (unpaired) electrons. The number of rotatable bonds is 6. The van der Waals surface area contributed by atoms with E-state index in [1.165, 1.54) is 30.3 Å². The molecule has 1 aliphatic heterocycles. The van der Waals surface area contributed by atoms with Gasteiger partial charge in [-0.15, -0.1) is 11.8 Å². The molecular formula is C24H16N2O5S. The van der Waals surface area contributed by atoms with Crippen molar-refractivity contribution in [1.82, 2.24) is 0 Å². The van der Waals surface area contributed by atoms with Gasteiger partial charge in [0.2, 0.25) is 0 Å². The minimum Gasteiger partial charge on any atom is -0.289 e. The van der Waals surface area contributed by atoms with Crippen molar-refractivity contribution in [3.05, 3.63) is 105 Å². The number of nitro benzene ring substituents is 1. The molecule has 1 aliphatic rings. The van der Waals surface area contributed by atoms with E-state index in [9.17, 15) is 24.5 Å². The Bertz CT molecular complexity index is 1300. The van der Waals surface area contributed by atoms with Crippen LogP contribution in [0.15, 0.2) is 77.7 Å². The van der Waals surface area contributed by atoms with Gasteiger partial charge < -0.3 is 0 Å². The lowest BCUT2D eigenvalue weighted by Crippen LogP contribution is -2.29. The topological polar surface area (TPSA) is 97.6 Å². The Morgan fingerprint density at radius 2 is 1.69 bits per heavy atom. The van der Waals surface area contributed by atoms with Crippen molar-refractivity contribution in [1.29, 1.82) is 0 Å². The minimum absolute atomic E-state index is 0.0329. The van der Waals surface area contributed by atoms with E-state index in [4.69, 9.17) is 0 Å². The Kier molecular flexibility index (Phi) is 5.70. The van der Waals surface area contributed by atoms with Crippen LogP contribution >= 0.6 is 11.8 Å². The van der Waals surface area contributed by atoms with E-state index in [1.54, 1.807) is 30.0 Å². The van der Waals surface area contributed by atoms with E-state index in [0.717, 1.165) is 21.4 Å². The average Bonchev–Trinajstić information content (AvgIpc) is 3.07. The average molecular weight is 444 g/mol. The molecule has 0 N–H and O–H groups in total. The van der Waals surface area contributed by atoms with Crippen LogP contribution in [0.1, 0.15) is 36.6 Å². The summed E-state index contributed by atoms with van der Waals surface area (Å²) in [5.41, 5.74) is 1.19. The van der Waals surface area contributed by atoms with E-state index in [1.807, 2.05) is 30.5 Å². The number of hydrogen-bond donors (Lipinski definition) is 0. The third-order valence-electron chi connectivity index (χ3n) is 5.01. The summed E-state index contributed by atoms with van der Waals surface area (Å²) in [6, 6.07) is 17.5. The fraction of sp³-hybridized carbons (Fsp3) is 0.0417. The summed E-state index contributed by atoms with van der Waals surface area (Å²) in [4.78, 5) is 50.7. The quantitative estimate of drug-likeness (QED) is 0.132. The van der Waals surface area contributed by atoms with Crippen LogP contribution in [0.4, 0.5) is 11.4 Å². The molecule has 2 amide bonds. The molecule has 0 saturated heterocycles. The molecule has 0 unspecified atom stereocenters. The zero-order valence-electron chi connectivity index (χ0n) is 16.8. The fourth-order valence-corrected chi connectivity index (χ4v) is 3.77. The van der Waals surface area contributed by atoms with Gasteiger partial charge in [-0.2, -0.15) is 0 Å². The number of fused-ring (bicyclic) bond motifs is 1. The van der Waals surface area contributed by atoms with Crippen molar-refractivity contribution in [2.75, 3.05) is 11.2 Å². The second kappa shape index (κ2) is 8.60. The van der Waals surface area contributed by atoms with Gasteiger partial charge in [0.15, 0.2) is 5.78 Å². The number of benzene rings is 3. The fourth-order valence-electron chi connectivity index (χ4n) is 3.36. The largest absolute Gasteiger partial charge is 0.289 e. The van der Waals surface area contributed by atoms with Gasteiger partial charge in [-0.05, 0) is 48.2 Å². The number of hydrogen-bond acceptors (Lipinski definition) is 6. The molecule has 3 aromatic carbocycles. The van der Waals surface area contributed by atoms with Gasteiger partial charge >= 0.3 is 0 Å². The number of non-ortho nitro benzene ring substituents is 1. The van der Waals surface area contributed by atoms with Crippen molar-refractivity contribution in [2.45, 2.75) is 4.90 Å². The monoisotopic (exact) mass is 444 g/mol. The molecule has 0 atom stereocenters. The molecule has 0 bridgehead atoms. The lowest BCUT2D eigenvalue weighted by atomic mass is 10.1.